The molecule has 2 unspecified atom stereocenters. The molecular formula is C28H37N3O8. The van der Waals surface area contributed by atoms with Crippen LogP contribution >= 0.6 is 0 Å². The minimum absolute atomic E-state index is 0.0996. The summed E-state index contributed by atoms with van der Waals surface area (Å²) in [5.74, 6) is -13.3. The molecule has 0 aromatic heterocycles. The number of nitrogens with two attached hydrogens (primary N) is 1. The number of likely N-dealkylation sites (N-methyl/N-ethyl adjacent to an activating group) is 1. The topological polar surface area (TPSA) is 179 Å². The van der Waals surface area contributed by atoms with Crippen molar-refractivity contribution in [2.75, 3.05) is 33.1 Å². The molecule has 5 N–H and O–H groups in total. The van der Waals surface area contributed by atoms with Gasteiger partial charge in [0.05, 0.1) is 29.5 Å². The van der Waals surface area contributed by atoms with E-state index in [-0.39, 0.29) is 11.3 Å². The van der Waals surface area contributed by atoms with Crippen LogP contribution in [0.1, 0.15) is 55.1 Å². The molecule has 8 atom stereocenters. The van der Waals surface area contributed by atoms with E-state index in [2.05, 4.69) is 0 Å². The van der Waals surface area contributed by atoms with Gasteiger partial charge in [-0.25, -0.2) is 0 Å². The minimum Gasteiger partial charge on any atom is -0.507 e. The largest absolute Gasteiger partial charge is 0.507 e. The number of amides is 1. The summed E-state index contributed by atoms with van der Waals surface area (Å²) in [5, 5.41) is 34.9. The van der Waals surface area contributed by atoms with Gasteiger partial charge in [-0.15, -0.1) is 0 Å². The molecule has 212 valence electrons. The highest BCUT2D eigenvalue weighted by atomic mass is 16.3. The van der Waals surface area contributed by atoms with Crippen molar-refractivity contribution in [3.05, 3.63) is 22.8 Å². The van der Waals surface area contributed by atoms with Gasteiger partial charge in [0.1, 0.15) is 5.75 Å². The van der Waals surface area contributed by atoms with Gasteiger partial charge in [0, 0.05) is 31.3 Å². The number of aliphatic hydroxyl groups excluding tert-OH is 1. The van der Waals surface area contributed by atoms with Crippen molar-refractivity contribution >= 4 is 34.7 Å². The molecule has 0 radical (unpaired) electrons. The summed E-state index contributed by atoms with van der Waals surface area (Å²) in [5.41, 5.74) is 3.15. The third kappa shape index (κ3) is 3.70. The maximum Gasteiger partial charge on any atom is 0.235 e. The highest BCUT2D eigenvalue weighted by Gasteiger charge is 2.73. The number of benzene rings is 1. The van der Waals surface area contributed by atoms with E-state index in [1.54, 1.807) is 32.0 Å². The Labute approximate surface area is 226 Å². The average molecular weight is 544 g/mol. The smallest absolute Gasteiger partial charge is 0.235 e. The number of ketones is 4. The van der Waals surface area contributed by atoms with E-state index >= 15 is 0 Å². The van der Waals surface area contributed by atoms with Gasteiger partial charge in [-0.3, -0.25) is 28.9 Å². The normalized spacial score (nSPS) is 34.5. The Kier molecular flexibility index (Phi) is 6.61. The maximum absolute atomic E-state index is 14.1. The second-order valence-electron chi connectivity index (χ2n) is 12.6. The standard InChI is InChI=1S/C28H37N3O8/c1-10-13-12(30(5)6)9-11(27(2,3)4)20(32)15(13)21(33)16-14(10)22(34)18-19(31(7)8)23(35)17(26(29)38)25(37)28(18,39)24(16)36/h9-10,14,16-19,22,32,34,39H,1-8H3,(H2,29,38)/t10-,14+,16?,17?,18+,19-,22-,28-/m0/s1. The summed E-state index contributed by atoms with van der Waals surface area (Å²) < 4.78 is 0. The SMILES string of the molecule is C[C@H]1c2c(N(C)C)cc(C(C)(C)C)c(O)c2C(=O)C2C(=O)[C@]3(O)C(=O)C(C(N)=O)C(=O)[C@@H](N(C)C)[C@@H]3[C@@H](O)[C@@H]21. The molecule has 2 saturated carbocycles. The number of fused-ring (bicyclic) bond motifs is 3. The van der Waals surface area contributed by atoms with Crippen LogP contribution in [0.2, 0.25) is 0 Å². The van der Waals surface area contributed by atoms with E-state index in [1.165, 1.54) is 19.0 Å². The Balaban J connectivity index is 2.03. The van der Waals surface area contributed by atoms with Crippen molar-refractivity contribution in [3.63, 3.8) is 0 Å². The number of carbonyl (C=O) groups is 5. The maximum atomic E-state index is 14.1. The van der Waals surface area contributed by atoms with Crippen LogP contribution in [0.25, 0.3) is 0 Å². The molecule has 3 aliphatic carbocycles. The van der Waals surface area contributed by atoms with Gasteiger partial charge in [0.2, 0.25) is 5.91 Å². The first-order valence-electron chi connectivity index (χ1n) is 12.9. The van der Waals surface area contributed by atoms with E-state index in [4.69, 9.17) is 5.73 Å². The minimum atomic E-state index is -3.02. The zero-order valence-corrected chi connectivity index (χ0v) is 23.5. The van der Waals surface area contributed by atoms with E-state index in [9.17, 15) is 39.3 Å². The summed E-state index contributed by atoms with van der Waals surface area (Å²) >= 11 is 0. The van der Waals surface area contributed by atoms with Crippen molar-refractivity contribution in [1.29, 1.82) is 0 Å². The predicted octanol–water partition coefficient (Wildman–Crippen LogP) is -0.238. The molecule has 11 heteroatoms. The number of carbonyl (C=O) groups excluding carboxylic acids is 5. The monoisotopic (exact) mass is 543 g/mol. The fourth-order valence-electron chi connectivity index (χ4n) is 7.05. The van der Waals surface area contributed by atoms with Gasteiger partial charge >= 0.3 is 0 Å². The lowest BCUT2D eigenvalue weighted by Gasteiger charge is -2.56. The second kappa shape index (κ2) is 8.94. The molecular weight excluding hydrogens is 506 g/mol. The number of nitrogens with zero attached hydrogens (tertiary/aromatic N) is 2. The number of hydrogen-bond acceptors (Lipinski definition) is 10. The number of phenols is 1. The number of anilines is 1. The molecule has 0 bridgehead atoms. The highest BCUT2D eigenvalue weighted by Crippen LogP contribution is 2.57. The van der Waals surface area contributed by atoms with Crippen LogP contribution in [-0.4, -0.2) is 95.2 Å². The first kappa shape index (κ1) is 28.8. The molecule has 0 spiro atoms. The molecule has 2 fully saturated rings. The number of primary amides is 1. The van der Waals surface area contributed by atoms with E-state index < -0.39 is 81.8 Å². The van der Waals surface area contributed by atoms with E-state index in [0.29, 0.717) is 16.8 Å². The lowest BCUT2D eigenvalue weighted by Crippen LogP contribution is -2.77. The fourth-order valence-corrected chi connectivity index (χ4v) is 7.05. The van der Waals surface area contributed by atoms with Crippen LogP contribution in [0.15, 0.2) is 6.07 Å². The zero-order chi connectivity index (χ0) is 29.7. The second-order valence-corrected chi connectivity index (χ2v) is 12.6. The molecule has 3 aliphatic rings. The zero-order valence-electron chi connectivity index (χ0n) is 23.5. The molecule has 11 nitrogen and oxygen atoms in total. The number of aliphatic hydroxyl groups is 2. The highest BCUT2D eigenvalue weighted by molar-refractivity contribution is 6.32. The predicted molar refractivity (Wildman–Crippen MR) is 140 cm³/mol. The van der Waals surface area contributed by atoms with Crippen molar-refractivity contribution in [2.45, 2.75) is 56.8 Å². The van der Waals surface area contributed by atoms with Gasteiger partial charge in [-0.2, -0.15) is 0 Å². The first-order valence-corrected chi connectivity index (χ1v) is 12.9. The number of phenolic OH excluding ortho intramolecular Hbond substituents is 1. The molecule has 39 heavy (non-hydrogen) atoms. The van der Waals surface area contributed by atoms with Gasteiger partial charge < -0.3 is 26.0 Å². The quantitative estimate of drug-likeness (QED) is 0.372. The lowest BCUT2D eigenvalue weighted by molar-refractivity contribution is -0.196. The fraction of sp³-hybridized carbons (Fsp3) is 0.607. The molecule has 1 aromatic carbocycles. The summed E-state index contributed by atoms with van der Waals surface area (Å²) in [4.78, 5) is 70.3. The Morgan fingerprint density at radius 1 is 1.05 bits per heavy atom. The van der Waals surface area contributed by atoms with Crippen molar-refractivity contribution in [3.8, 4) is 5.75 Å². The molecule has 4 rings (SSSR count). The third-order valence-electron chi connectivity index (χ3n) is 8.85. The van der Waals surface area contributed by atoms with Crippen molar-refractivity contribution in [1.82, 2.24) is 4.90 Å². The van der Waals surface area contributed by atoms with Crippen molar-refractivity contribution in [2.24, 2.45) is 29.4 Å². The lowest BCUT2D eigenvalue weighted by atomic mass is 9.49. The summed E-state index contributed by atoms with van der Waals surface area (Å²) in [6.07, 6.45) is -1.67. The van der Waals surface area contributed by atoms with Gasteiger partial charge in [0.15, 0.2) is 34.7 Å². The summed E-state index contributed by atoms with van der Waals surface area (Å²) in [6.45, 7) is 7.29. The van der Waals surface area contributed by atoms with E-state index in [1.807, 2.05) is 20.8 Å². The van der Waals surface area contributed by atoms with Crippen LogP contribution in [0, 0.1) is 23.7 Å². The summed E-state index contributed by atoms with van der Waals surface area (Å²) in [7, 11) is 6.46. The Hall–Kier alpha value is -3.15. The number of rotatable bonds is 3. The molecule has 0 heterocycles. The molecule has 1 amide bonds. The van der Waals surface area contributed by atoms with Crippen LogP contribution in [0.5, 0.6) is 5.75 Å². The van der Waals surface area contributed by atoms with E-state index in [0.717, 1.165) is 0 Å². The Bertz CT molecular complexity index is 1310. The van der Waals surface area contributed by atoms with Crippen LogP contribution in [-0.2, 0) is 24.6 Å². The molecule has 1 aromatic rings. The van der Waals surface area contributed by atoms with Gasteiger partial charge in [-0.05, 0) is 37.1 Å². The molecule has 0 saturated heterocycles. The number of hydrogen-bond donors (Lipinski definition) is 4. The Morgan fingerprint density at radius 2 is 1.62 bits per heavy atom. The van der Waals surface area contributed by atoms with Crippen LogP contribution < -0.4 is 10.6 Å². The van der Waals surface area contributed by atoms with Gasteiger partial charge in [0.25, 0.3) is 0 Å². The first-order chi connectivity index (χ1) is 17.8. The third-order valence-corrected chi connectivity index (χ3v) is 8.85. The average Bonchev–Trinajstić information content (AvgIpc) is 2.79. The number of aromatic hydroxyl groups is 1. The summed E-state index contributed by atoms with van der Waals surface area (Å²) in [6, 6.07) is 0.373. The van der Waals surface area contributed by atoms with Gasteiger partial charge in [-0.1, -0.05) is 27.7 Å². The van der Waals surface area contributed by atoms with Crippen LogP contribution in [0.3, 0.4) is 0 Å². The molecule has 0 aliphatic heterocycles. The Morgan fingerprint density at radius 3 is 2.08 bits per heavy atom. The number of Topliss-reactive ketones (excluding diaryl/α,β-unsaturated/α-hetero) is 4. The van der Waals surface area contributed by atoms with Crippen LogP contribution in [0.4, 0.5) is 5.69 Å². The van der Waals surface area contributed by atoms with Crippen molar-refractivity contribution < 1.29 is 39.3 Å².